The minimum Gasteiger partial charge on any atom is -0.379 e. The molecule has 94 valence electrons. The van der Waals surface area contributed by atoms with Crippen LogP contribution in [0, 0.1) is 0 Å². The first-order valence-corrected chi connectivity index (χ1v) is 7.95. The average Bonchev–Trinajstić information content (AvgIpc) is 2.27. The van der Waals surface area contributed by atoms with E-state index in [2.05, 4.69) is 53.1 Å². The van der Waals surface area contributed by atoms with Crippen LogP contribution in [-0.4, -0.2) is 0 Å². The lowest BCUT2D eigenvalue weighted by Gasteiger charge is -2.11. The Balaban J connectivity index is 2.16. The molecule has 0 radical (unpaired) electrons. The fourth-order valence-electron chi connectivity index (χ4n) is 1.55. The maximum atomic E-state index is 5.96. The van der Waals surface area contributed by atoms with Crippen LogP contribution in [0.25, 0.3) is 0 Å². The maximum absolute atomic E-state index is 5.96. The molecule has 2 aromatic carbocycles. The van der Waals surface area contributed by atoms with Crippen LogP contribution in [0.1, 0.15) is 5.56 Å². The van der Waals surface area contributed by atoms with E-state index in [1.807, 2.05) is 36.4 Å². The van der Waals surface area contributed by atoms with Crippen molar-refractivity contribution in [2.24, 2.45) is 0 Å². The van der Waals surface area contributed by atoms with Gasteiger partial charge in [0.2, 0.25) is 0 Å². The number of rotatable bonds is 3. The number of benzene rings is 2. The fourth-order valence-corrected chi connectivity index (χ4v) is 4.30. The molecular formula is C13H9Br3ClN. The summed E-state index contributed by atoms with van der Waals surface area (Å²) in [7, 11) is 0. The van der Waals surface area contributed by atoms with Crippen LogP contribution in [-0.2, 0) is 6.54 Å². The van der Waals surface area contributed by atoms with Crippen LogP contribution in [0.5, 0.6) is 0 Å². The maximum Gasteiger partial charge on any atom is 0.0632 e. The Kier molecular flexibility index (Phi) is 5.13. The molecule has 0 aliphatic rings. The number of halogens is 4. The quantitative estimate of drug-likeness (QED) is 0.579. The molecule has 2 rings (SSSR count). The molecule has 0 saturated heterocycles. The predicted octanol–water partition coefficient (Wildman–Crippen LogP) is 6.24. The average molecular weight is 454 g/mol. The first kappa shape index (κ1) is 14.4. The van der Waals surface area contributed by atoms with E-state index in [4.69, 9.17) is 11.6 Å². The van der Waals surface area contributed by atoms with Gasteiger partial charge >= 0.3 is 0 Å². The Morgan fingerprint density at radius 3 is 2.28 bits per heavy atom. The number of hydrogen-bond donors (Lipinski definition) is 1. The minimum absolute atomic E-state index is 0.722. The van der Waals surface area contributed by atoms with Crippen LogP contribution < -0.4 is 5.32 Å². The van der Waals surface area contributed by atoms with Gasteiger partial charge in [0.15, 0.2) is 0 Å². The van der Waals surface area contributed by atoms with Crippen molar-refractivity contribution in [2.75, 3.05) is 5.32 Å². The normalized spacial score (nSPS) is 10.4. The lowest BCUT2D eigenvalue weighted by Crippen LogP contribution is -2.00. The van der Waals surface area contributed by atoms with E-state index < -0.39 is 0 Å². The van der Waals surface area contributed by atoms with Crippen molar-refractivity contribution < 1.29 is 0 Å². The molecule has 0 aliphatic carbocycles. The molecule has 1 N–H and O–H groups in total. The zero-order valence-electron chi connectivity index (χ0n) is 9.18. The SMILES string of the molecule is Clc1cccc(CNc2c(Br)cc(Br)cc2Br)c1. The van der Waals surface area contributed by atoms with Gasteiger partial charge in [-0.15, -0.1) is 0 Å². The highest BCUT2D eigenvalue weighted by Gasteiger charge is 2.06. The minimum atomic E-state index is 0.722. The zero-order chi connectivity index (χ0) is 13.1. The van der Waals surface area contributed by atoms with Crippen molar-refractivity contribution in [3.05, 3.63) is 60.4 Å². The molecule has 0 saturated carbocycles. The summed E-state index contributed by atoms with van der Waals surface area (Å²) in [6, 6.07) is 11.8. The molecule has 0 unspecified atom stereocenters. The molecule has 0 amide bonds. The number of nitrogens with one attached hydrogen (secondary N) is 1. The molecule has 0 spiro atoms. The van der Waals surface area contributed by atoms with E-state index >= 15 is 0 Å². The van der Waals surface area contributed by atoms with E-state index in [0.29, 0.717) is 0 Å². The summed E-state index contributed by atoms with van der Waals surface area (Å²) in [4.78, 5) is 0. The van der Waals surface area contributed by atoms with Crippen LogP contribution in [0.3, 0.4) is 0 Å². The smallest absolute Gasteiger partial charge is 0.0632 e. The Morgan fingerprint density at radius 2 is 1.67 bits per heavy atom. The third-order valence-electron chi connectivity index (χ3n) is 2.37. The van der Waals surface area contributed by atoms with Crippen molar-refractivity contribution in [3.63, 3.8) is 0 Å². The highest BCUT2D eigenvalue weighted by molar-refractivity contribution is 9.11. The van der Waals surface area contributed by atoms with Crippen LogP contribution in [0.4, 0.5) is 5.69 Å². The summed E-state index contributed by atoms with van der Waals surface area (Å²) in [5, 5.41) is 4.13. The topological polar surface area (TPSA) is 12.0 Å². The molecule has 0 atom stereocenters. The van der Waals surface area contributed by atoms with Gasteiger partial charge in [-0.05, 0) is 61.7 Å². The zero-order valence-corrected chi connectivity index (χ0v) is 14.7. The van der Waals surface area contributed by atoms with Gasteiger partial charge in [0.1, 0.15) is 0 Å². The lowest BCUT2D eigenvalue weighted by atomic mass is 10.2. The van der Waals surface area contributed by atoms with Gasteiger partial charge in [-0.2, -0.15) is 0 Å². The van der Waals surface area contributed by atoms with Gasteiger partial charge in [0.05, 0.1) is 5.69 Å². The third kappa shape index (κ3) is 3.73. The Bertz CT molecular complexity index is 549. The summed E-state index contributed by atoms with van der Waals surface area (Å²) in [6.07, 6.45) is 0. The van der Waals surface area contributed by atoms with E-state index in [0.717, 1.165) is 36.2 Å². The first-order chi connectivity index (χ1) is 8.56. The molecule has 18 heavy (non-hydrogen) atoms. The largest absolute Gasteiger partial charge is 0.379 e. The summed E-state index contributed by atoms with van der Waals surface area (Å²) in [5.41, 5.74) is 2.17. The van der Waals surface area contributed by atoms with Gasteiger partial charge in [0, 0.05) is 25.0 Å². The van der Waals surface area contributed by atoms with Gasteiger partial charge in [0.25, 0.3) is 0 Å². The Labute approximate surface area is 136 Å². The first-order valence-electron chi connectivity index (χ1n) is 5.19. The van der Waals surface area contributed by atoms with E-state index in [1.54, 1.807) is 0 Å². The molecule has 0 heterocycles. The summed E-state index contributed by atoms with van der Waals surface area (Å²) >= 11 is 16.5. The van der Waals surface area contributed by atoms with Gasteiger partial charge in [-0.3, -0.25) is 0 Å². The molecule has 0 aromatic heterocycles. The molecule has 0 fully saturated rings. The van der Waals surface area contributed by atoms with Gasteiger partial charge in [-0.1, -0.05) is 39.7 Å². The van der Waals surface area contributed by atoms with E-state index in [1.165, 1.54) is 0 Å². The monoisotopic (exact) mass is 451 g/mol. The molecular weight excluding hydrogens is 445 g/mol. The van der Waals surface area contributed by atoms with Crippen molar-refractivity contribution in [2.45, 2.75) is 6.54 Å². The number of anilines is 1. The number of hydrogen-bond acceptors (Lipinski definition) is 1. The lowest BCUT2D eigenvalue weighted by molar-refractivity contribution is 1.14. The Morgan fingerprint density at radius 1 is 1.00 bits per heavy atom. The van der Waals surface area contributed by atoms with Crippen LogP contribution in [0.15, 0.2) is 49.8 Å². The summed E-state index contributed by atoms with van der Waals surface area (Å²) in [5.74, 6) is 0. The second-order valence-corrected chi connectivity index (χ2v) is 6.79. The van der Waals surface area contributed by atoms with Crippen LogP contribution >= 0.6 is 59.4 Å². The molecule has 0 aliphatic heterocycles. The second-order valence-electron chi connectivity index (χ2n) is 3.73. The van der Waals surface area contributed by atoms with Gasteiger partial charge < -0.3 is 5.32 Å². The van der Waals surface area contributed by atoms with Crippen molar-refractivity contribution >= 4 is 65.1 Å². The summed E-state index contributed by atoms with van der Waals surface area (Å²) < 4.78 is 3.03. The van der Waals surface area contributed by atoms with Crippen LogP contribution in [0.2, 0.25) is 5.02 Å². The second kappa shape index (κ2) is 6.42. The van der Waals surface area contributed by atoms with Crippen molar-refractivity contribution in [1.82, 2.24) is 0 Å². The van der Waals surface area contributed by atoms with Gasteiger partial charge in [-0.25, -0.2) is 0 Å². The predicted molar refractivity (Wildman–Crippen MR) is 88.3 cm³/mol. The highest BCUT2D eigenvalue weighted by Crippen LogP contribution is 2.34. The summed E-state index contributed by atoms with van der Waals surface area (Å²) in [6.45, 7) is 0.722. The molecule has 2 aromatic rings. The molecule has 1 nitrogen and oxygen atoms in total. The molecule has 5 heteroatoms. The fraction of sp³-hybridized carbons (Fsp3) is 0.0769. The van der Waals surface area contributed by atoms with E-state index in [-0.39, 0.29) is 0 Å². The van der Waals surface area contributed by atoms with Crippen molar-refractivity contribution in [3.8, 4) is 0 Å². The Hall–Kier alpha value is -0.0300. The standard InChI is InChI=1S/C13H9Br3ClN/c14-9-5-11(15)13(12(16)6-9)18-7-8-2-1-3-10(17)4-8/h1-6,18H,7H2. The third-order valence-corrected chi connectivity index (χ3v) is 4.31. The van der Waals surface area contributed by atoms with Crippen molar-refractivity contribution in [1.29, 1.82) is 0 Å². The van der Waals surface area contributed by atoms with E-state index in [9.17, 15) is 0 Å². The molecule has 0 bridgehead atoms. The highest BCUT2D eigenvalue weighted by atomic mass is 79.9.